The Morgan fingerprint density at radius 2 is 1.83 bits per heavy atom. The minimum atomic E-state index is -1.42. The van der Waals surface area contributed by atoms with Gasteiger partial charge in [0.2, 0.25) is 0 Å². The maximum Gasteiger partial charge on any atom is 0.255 e. The van der Waals surface area contributed by atoms with Crippen LogP contribution in [0.3, 0.4) is 0 Å². The zero-order valence-electron chi connectivity index (χ0n) is 16.8. The zero-order valence-corrected chi connectivity index (χ0v) is 16.8. The van der Waals surface area contributed by atoms with Crippen LogP contribution < -0.4 is 0 Å². The third-order valence-electron chi connectivity index (χ3n) is 5.65. The van der Waals surface area contributed by atoms with Crippen molar-refractivity contribution in [3.05, 3.63) is 83.3 Å². The van der Waals surface area contributed by atoms with Crippen molar-refractivity contribution in [3.63, 3.8) is 0 Å². The molecule has 3 heterocycles. The number of fused-ring (bicyclic) bond motifs is 2. The Kier molecular flexibility index (Phi) is 4.10. The van der Waals surface area contributed by atoms with Gasteiger partial charge in [0.1, 0.15) is 0 Å². The monoisotopic (exact) mass is 388 g/mol. The molecule has 2 aromatic carbocycles. The zero-order chi connectivity index (χ0) is 21.0. The van der Waals surface area contributed by atoms with Gasteiger partial charge in [-0.05, 0) is 53.4 Å². The largest absolute Gasteiger partial charge is 0.340 e. The predicted octanol–water partition coefficient (Wildman–Crippen LogP) is 3.05. The molecule has 5 nitrogen and oxygen atoms in total. The molecule has 142 valence electrons. The summed E-state index contributed by atoms with van der Waals surface area (Å²) in [7, 11) is 14.5. The molecule has 1 amide bonds. The van der Waals surface area contributed by atoms with Crippen LogP contribution in [0.25, 0.3) is 22.0 Å². The number of carbonyl (C=O) groups excluding carboxylic acids is 1. The summed E-state index contributed by atoms with van der Waals surface area (Å²) in [6.45, 7) is 2.38. The first kappa shape index (κ1) is 18.7. The fourth-order valence-electron chi connectivity index (χ4n) is 4.12. The molecule has 30 heavy (non-hydrogen) atoms. The van der Waals surface area contributed by atoms with E-state index in [2.05, 4.69) is 29.1 Å². The van der Waals surface area contributed by atoms with E-state index in [0.29, 0.717) is 17.8 Å². The van der Waals surface area contributed by atoms with Crippen LogP contribution in [0.1, 0.15) is 27.2 Å². The molecule has 0 fully saturated rings. The Labute approximate surface area is 177 Å². The number of carbonyl (C=O) groups is 1. The van der Waals surface area contributed by atoms with Crippen LogP contribution >= 0.6 is 0 Å². The van der Waals surface area contributed by atoms with Crippen molar-refractivity contribution in [3.8, 4) is 11.1 Å². The van der Waals surface area contributed by atoms with Crippen LogP contribution in [0.15, 0.2) is 60.9 Å². The summed E-state index contributed by atoms with van der Waals surface area (Å²) in [6.07, 6.45) is 3.62. The molecule has 4 aromatic rings. The second kappa shape index (κ2) is 6.59. The van der Waals surface area contributed by atoms with Crippen molar-refractivity contribution < 1.29 is 4.79 Å². The summed E-state index contributed by atoms with van der Waals surface area (Å²) >= 11 is 0. The molecule has 0 bridgehead atoms. The van der Waals surface area contributed by atoms with Gasteiger partial charge in [-0.15, -0.1) is 0 Å². The van der Waals surface area contributed by atoms with Crippen molar-refractivity contribution in [2.45, 2.75) is 18.8 Å². The normalized spacial score (nSPS) is 15.0. The highest BCUT2D eigenvalue weighted by Gasteiger charge is 2.42. The molecular formula is C23H18B2N4O. The number of aryl methyl sites for hydroxylation is 2. The van der Waals surface area contributed by atoms with E-state index in [4.69, 9.17) is 15.7 Å². The number of aromatic nitrogens is 3. The Morgan fingerprint density at radius 1 is 1.07 bits per heavy atom. The van der Waals surface area contributed by atoms with Crippen LogP contribution in [0, 0.1) is 6.92 Å². The first-order chi connectivity index (χ1) is 14.3. The van der Waals surface area contributed by atoms with E-state index >= 15 is 0 Å². The Bertz CT molecular complexity index is 1290. The molecule has 0 saturated heterocycles. The van der Waals surface area contributed by atoms with Crippen molar-refractivity contribution in [1.29, 1.82) is 0 Å². The van der Waals surface area contributed by atoms with Crippen LogP contribution in [-0.4, -0.2) is 41.3 Å². The minimum absolute atomic E-state index is 0.204. The number of amides is 1. The van der Waals surface area contributed by atoms with E-state index < -0.39 is 5.34 Å². The summed E-state index contributed by atoms with van der Waals surface area (Å²) in [4.78, 5) is 18.5. The molecule has 0 atom stereocenters. The van der Waals surface area contributed by atoms with Gasteiger partial charge in [-0.3, -0.25) is 14.5 Å². The molecule has 0 N–H and O–H groups in total. The van der Waals surface area contributed by atoms with Gasteiger partial charge in [0.05, 0.1) is 32.5 Å². The first-order valence-electron chi connectivity index (χ1n) is 9.73. The molecular weight excluding hydrogens is 370 g/mol. The molecule has 0 saturated carbocycles. The molecule has 0 unspecified atom stereocenters. The van der Waals surface area contributed by atoms with Gasteiger partial charge in [0, 0.05) is 36.7 Å². The SMILES string of the molecule is [B]C1([B])c2ncccc2C(=O)N1Cc1ccc(-c2cc(C)c3nn(C)cc3c2)cc1. The van der Waals surface area contributed by atoms with E-state index in [0.717, 1.165) is 33.2 Å². The highest BCUT2D eigenvalue weighted by Crippen LogP contribution is 2.34. The first-order valence-corrected chi connectivity index (χ1v) is 9.73. The number of hydrogen-bond acceptors (Lipinski definition) is 3. The number of benzene rings is 2. The average molecular weight is 388 g/mol. The van der Waals surface area contributed by atoms with Gasteiger partial charge in [0.25, 0.3) is 5.91 Å². The van der Waals surface area contributed by atoms with Crippen molar-refractivity contribution in [2.75, 3.05) is 0 Å². The fraction of sp³-hybridized carbons (Fsp3) is 0.174. The molecule has 1 aliphatic rings. The lowest BCUT2D eigenvalue weighted by Gasteiger charge is -2.33. The van der Waals surface area contributed by atoms with Crippen LogP contribution in [-0.2, 0) is 18.9 Å². The molecule has 0 spiro atoms. The summed E-state index contributed by atoms with van der Waals surface area (Å²) in [5.41, 5.74) is 6.18. The van der Waals surface area contributed by atoms with Gasteiger partial charge in [-0.2, -0.15) is 5.10 Å². The third-order valence-corrected chi connectivity index (χ3v) is 5.65. The van der Waals surface area contributed by atoms with E-state index in [9.17, 15) is 4.79 Å². The topological polar surface area (TPSA) is 51.0 Å². The van der Waals surface area contributed by atoms with Crippen molar-refractivity contribution in [1.82, 2.24) is 19.7 Å². The van der Waals surface area contributed by atoms with E-state index in [1.54, 1.807) is 18.3 Å². The minimum Gasteiger partial charge on any atom is -0.340 e. The Hall–Kier alpha value is -3.34. The van der Waals surface area contributed by atoms with Gasteiger partial charge in [-0.25, -0.2) is 0 Å². The molecule has 5 rings (SSSR count). The molecule has 0 aliphatic carbocycles. The lowest BCUT2D eigenvalue weighted by molar-refractivity contribution is 0.0731. The maximum atomic E-state index is 12.8. The number of rotatable bonds is 3. The number of pyridine rings is 1. The predicted molar refractivity (Wildman–Crippen MR) is 118 cm³/mol. The second-order valence-electron chi connectivity index (χ2n) is 7.85. The van der Waals surface area contributed by atoms with E-state index in [1.807, 2.05) is 42.2 Å². The highest BCUT2D eigenvalue weighted by atomic mass is 16.2. The number of hydrogen-bond donors (Lipinski definition) is 0. The van der Waals surface area contributed by atoms with Gasteiger partial charge in [-0.1, -0.05) is 24.3 Å². The van der Waals surface area contributed by atoms with Crippen LogP contribution in [0.5, 0.6) is 0 Å². The number of nitrogens with zero attached hydrogens (tertiary/aromatic N) is 4. The summed E-state index contributed by atoms with van der Waals surface area (Å²) in [5, 5.41) is 4.20. The van der Waals surface area contributed by atoms with Crippen molar-refractivity contribution in [2.24, 2.45) is 7.05 Å². The second-order valence-corrected chi connectivity index (χ2v) is 7.85. The van der Waals surface area contributed by atoms with E-state index in [1.165, 1.54) is 4.90 Å². The molecule has 7 heteroatoms. The fourth-order valence-corrected chi connectivity index (χ4v) is 4.12. The van der Waals surface area contributed by atoms with Crippen molar-refractivity contribution >= 4 is 32.5 Å². The molecule has 1 aliphatic heterocycles. The van der Waals surface area contributed by atoms with Gasteiger partial charge >= 0.3 is 0 Å². The lowest BCUT2D eigenvalue weighted by Crippen LogP contribution is -2.44. The Balaban J connectivity index is 1.43. The van der Waals surface area contributed by atoms with E-state index in [-0.39, 0.29) is 5.91 Å². The standard InChI is InChI=1S/C23H18B2N4O/c1-14-10-17(11-18-13-28(2)27-20(14)18)16-7-5-15(6-8-16)12-29-22(30)19-4-3-9-26-21(19)23(29,24)25/h3-11,13H,12H2,1-2H3. The highest BCUT2D eigenvalue weighted by molar-refractivity contribution is 6.42. The smallest absolute Gasteiger partial charge is 0.255 e. The summed E-state index contributed by atoms with van der Waals surface area (Å²) in [5.74, 6) is -0.204. The van der Waals surface area contributed by atoms with Crippen LogP contribution in [0.4, 0.5) is 0 Å². The summed E-state index contributed by atoms with van der Waals surface area (Å²) < 4.78 is 1.83. The molecule has 2 aromatic heterocycles. The maximum absolute atomic E-state index is 12.8. The van der Waals surface area contributed by atoms with Crippen LogP contribution in [0.2, 0.25) is 0 Å². The van der Waals surface area contributed by atoms with Gasteiger partial charge < -0.3 is 4.90 Å². The third kappa shape index (κ3) is 2.84. The van der Waals surface area contributed by atoms with Gasteiger partial charge in [0.15, 0.2) is 0 Å². The quantitative estimate of drug-likeness (QED) is 0.507. The molecule has 4 radical (unpaired) electrons. The Morgan fingerprint density at radius 3 is 2.57 bits per heavy atom. The summed E-state index contributed by atoms with van der Waals surface area (Å²) in [6, 6.07) is 15.8. The lowest BCUT2D eigenvalue weighted by atomic mass is 9.59. The average Bonchev–Trinajstić information content (AvgIpc) is 3.20.